The van der Waals surface area contributed by atoms with Gasteiger partial charge in [-0.25, -0.2) is 4.98 Å². The molecule has 1 aromatic heterocycles. The van der Waals surface area contributed by atoms with Crippen LogP contribution in [0.2, 0.25) is 0 Å². The lowest BCUT2D eigenvalue weighted by atomic mass is 10.1. The maximum absolute atomic E-state index is 11.6. The van der Waals surface area contributed by atoms with Crippen LogP contribution in [-0.2, 0) is 6.54 Å². The Hall–Kier alpha value is -2.08. The highest BCUT2D eigenvalue weighted by atomic mass is 32.1. The number of carbonyl (C=O) groups excluding carboxylic acids is 1. The molecule has 0 radical (unpaired) electrons. The first-order valence-electron chi connectivity index (χ1n) is 5.86. The Morgan fingerprint density at radius 3 is 2.89 bits per heavy atom. The second-order valence-corrected chi connectivity index (χ2v) is 5.03. The number of carbonyl (C=O) groups is 1. The number of rotatable bonds is 4. The Morgan fingerprint density at radius 2 is 2.26 bits per heavy atom. The first-order valence-corrected chi connectivity index (χ1v) is 6.74. The molecule has 1 amide bonds. The monoisotopic (exact) mass is 276 g/mol. The highest BCUT2D eigenvalue weighted by Gasteiger charge is 2.08. The van der Waals surface area contributed by atoms with Gasteiger partial charge in [0.15, 0.2) is 0 Å². The van der Waals surface area contributed by atoms with E-state index in [1.807, 2.05) is 12.4 Å². The zero-order valence-electron chi connectivity index (χ0n) is 10.9. The van der Waals surface area contributed by atoms with E-state index in [2.05, 4.69) is 15.6 Å². The summed E-state index contributed by atoms with van der Waals surface area (Å²) in [7, 11) is 1.60. The van der Waals surface area contributed by atoms with Crippen molar-refractivity contribution in [1.82, 2.24) is 10.3 Å². The van der Waals surface area contributed by atoms with Crippen LogP contribution in [0.5, 0.6) is 0 Å². The number of benzene rings is 1. The molecule has 0 bridgehead atoms. The van der Waals surface area contributed by atoms with Crippen molar-refractivity contribution in [2.75, 3.05) is 18.1 Å². The van der Waals surface area contributed by atoms with Gasteiger partial charge >= 0.3 is 0 Å². The van der Waals surface area contributed by atoms with Crippen molar-refractivity contribution in [2.24, 2.45) is 0 Å². The van der Waals surface area contributed by atoms with E-state index in [1.54, 1.807) is 36.6 Å². The van der Waals surface area contributed by atoms with Crippen LogP contribution in [-0.4, -0.2) is 17.9 Å². The van der Waals surface area contributed by atoms with Gasteiger partial charge in [0.05, 0.1) is 29.1 Å². The van der Waals surface area contributed by atoms with Crippen LogP contribution in [0.1, 0.15) is 20.9 Å². The smallest absolute Gasteiger partial charge is 0.251 e. The molecule has 2 aromatic rings. The maximum Gasteiger partial charge on any atom is 0.251 e. The van der Waals surface area contributed by atoms with Gasteiger partial charge in [0.1, 0.15) is 0 Å². The number of nitrogens with one attached hydrogen (secondary N) is 2. The molecule has 0 spiro atoms. The Bertz CT molecular complexity index is 594. The number of amides is 1. The molecule has 2 rings (SSSR count). The van der Waals surface area contributed by atoms with Crippen LogP contribution >= 0.6 is 11.3 Å². The van der Waals surface area contributed by atoms with E-state index in [4.69, 9.17) is 5.73 Å². The van der Waals surface area contributed by atoms with E-state index in [0.29, 0.717) is 17.8 Å². The Balaban J connectivity index is 2.15. The lowest BCUT2D eigenvalue weighted by molar-refractivity contribution is 0.0963. The van der Waals surface area contributed by atoms with Crippen LogP contribution in [0.25, 0.3) is 0 Å². The molecule has 0 aliphatic rings. The molecule has 0 aliphatic carbocycles. The molecular weight excluding hydrogens is 260 g/mol. The molecule has 0 atom stereocenters. The Kier molecular flexibility index (Phi) is 4.01. The number of hydrogen-bond donors (Lipinski definition) is 3. The molecule has 6 heteroatoms. The van der Waals surface area contributed by atoms with Crippen molar-refractivity contribution >= 4 is 28.6 Å². The molecule has 0 unspecified atom stereocenters. The zero-order chi connectivity index (χ0) is 13.8. The van der Waals surface area contributed by atoms with Gasteiger partial charge in [0.25, 0.3) is 5.91 Å². The summed E-state index contributed by atoms with van der Waals surface area (Å²) >= 11 is 1.60. The minimum atomic E-state index is -0.128. The van der Waals surface area contributed by atoms with Gasteiger partial charge in [-0.05, 0) is 25.1 Å². The van der Waals surface area contributed by atoms with Gasteiger partial charge < -0.3 is 16.4 Å². The lowest BCUT2D eigenvalue weighted by Gasteiger charge is -2.10. The molecular formula is C13H16N4OS. The highest BCUT2D eigenvalue weighted by Crippen LogP contribution is 2.22. The SMILES string of the molecule is CNC(=O)c1ccc(N)c(NCc2scnc2C)c1. The molecule has 5 nitrogen and oxygen atoms in total. The summed E-state index contributed by atoms with van der Waals surface area (Å²) in [6, 6.07) is 5.19. The normalized spacial score (nSPS) is 10.2. The molecule has 1 heterocycles. The van der Waals surface area contributed by atoms with Gasteiger partial charge in [-0.15, -0.1) is 11.3 Å². The van der Waals surface area contributed by atoms with Crippen molar-refractivity contribution in [3.05, 3.63) is 39.8 Å². The number of anilines is 2. The van der Waals surface area contributed by atoms with Crippen molar-refractivity contribution in [3.8, 4) is 0 Å². The van der Waals surface area contributed by atoms with E-state index < -0.39 is 0 Å². The summed E-state index contributed by atoms with van der Waals surface area (Å²) in [6.07, 6.45) is 0. The lowest BCUT2D eigenvalue weighted by Crippen LogP contribution is -2.18. The quantitative estimate of drug-likeness (QED) is 0.746. The third-order valence-electron chi connectivity index (χ3n) is 2.83. The van der Waals surface area contributed by atoms with Crippen molar-refractivity contribution in [2.45, 2.75) is 13.5 Å². The molecule has 1 aromatic carbocycles. The van der Waals surface area contributed by atoms with Gasteiger partial charge in [-0.1, -0.05) is 0 Å². The summed E-state index contributed by atoms with van der Waals surface area (Å²) < 4.78 is 0. The van der Waals surface area contributed by atoms with E-state index in [-0.39, 0.29) is 5.91 Å². The summed E-state index contributed by atoms with van der Waals surface area (Å²) in [5.41, 5.74) is 10.7. The maximum atomic E-state index is 11.6. The molecule has 100 valence electrons. The summed E-state index contributed by atoms with van der Waals surface area (Å²) in [6.45, 7) is 2.62. The standard InChI is InChI=1S/C13H16N4OS/c1-8-12(19-7-17-8)6-16-11-5-9(13(18)15-2)3-4-10(11)14/h3-5,7,16H,6,14H2,1-2H3,(H,15,18). The fourth-order valence-corrected chi connectivity index (χ4v) is 2.38. The highest BCUT2D eigenvalue weighted by molar-refractivity contribution is 7.09. The van der Waals surface area contributed by atoms with Crippen LogP contribution in [0, 0.1) is 6.92 Å². The first kappa shape index (κ1) is 13.4. The van der Waals surface area contributed by atoms with Gasteiger partial charge in [-0.3, -0.25) is 4.79 Å². The fourth-order valence-electron chi connectivity index (χ4n) is 1.67. The first-order chi connectivity index (χ1) is 9.11. The number of nitrogen functional groups attached to an aromatic ring is 1. The van der Waals surface area contributed by atoms with Crippen molar-refractivity contribution in [3.63, 3.8) is 0 Å². The van der Waals surface area contributed by atoms with Crippen molar-refractivity contribution < 1.29 is 4.79 Å². The predicted octanol–water partition coefficient (Wildman–Crippen LogP) is 2.01. The summed E-state index contributed by atoms with van der Waals surface area (Å²) in [5, 5.41) is 5.83. The van der Waals surface area contributed by atoms with E-state index in [0.717, 1.165) is 16.3 Å². The minimum absolute atomic E-state index is 0.128. The van der Waals surface area contributed by atoms with E-state index in [9.17, 15) is 4.79 Å². The molecule has 0 fully saturated rings. The number of thiazole rings is 1. The molecule has 0 saturated carbocycles. The number of hydrogen-bond acceptors (Lipinski definition) is 5. The second kappa shape index (κ2) is 5.71. The Labute approximate surface area is 115 Å². The Morgan fingerprint density at radius 1 is 1.47 bits per heavy atom. The average molecular weight is 276 g/mol. The molecule has 0 saturated heterocycles. The number of aromatic nitrogens is 1. The summed E-state index contributed by atoms with van der Waals surface area (Å²) in [4.78, 5) is 16.9. The molecule has 0 aliphatic heterocycles. The topological polar surface area (TPSA) is 80.0 Å². The van der Waals surface area contributed by atoms with Crippen molar-refractivity contribution in [1.29, 1.82) is 0 Å². The predicted molar refractivity (Wildman–Crippen MR) is 78.4 cm³/mol. The summed E-state index contributed by atoms with van der Waals surface area (Å²) in [5.74, 6) is -0.128. The largest absolute Gasteiger partial charge is 0.397 e. The van der Waals surface area contributed by atoms with Crippen LogP contribution in [0.4, 0.5) is 11.4 Å². The third-order valence-corrected chi connectivity index (χ3v) is 3.76. The van der Waals surface area contributed by atoms with Gasteiger partial charge in [-0.2, -0.15) is 0 Å². The second-order valence-electron chi connectivity index (χ2n) is 4.10. The van der Waals surface area contributed by atoms with Crippen LogP contribution in [0.3, 0.4) is 0 Å². The van der Waals surface area contributed by atoms with Crippen LogP contribution in [0.15, 0.2) is 23.7 Å². The van der Waals surface area contributed by atoms with Crippen LogP contribution < -0.4 is 16.4 Å². The molecule has 19 heavy (non-hydrogen) atoms. The average Bonchev–Trinajstić information content (AvgIpc) is 2.82. The van der Waals surface area contributed by atoms with Gasteiger partial charge in [0.2, 0.25) is 0 Å². The van der Waals surface area contributed by atoms with Gasteiger partial charge in [0, 0.05) is 17.5 Å². The zero-order valence-corrected chi connectivity index (χ0v) is 11.7. The molecule has 4 N–H and O–H groups in total. The number of aryl methyl sites for hydroxylation is 1. The van der Waals surface area contributed by atoms with E-state index >= 15 is 0 Å². The van der Waals surface area contributed by atoms with E-state index in [1.165, 1.54) is 0 Å². The number of nitrogens with two attached hydrogens (primary N) is 1. The number of nitrogens with zero attached hydrogens (tertiary/aromatic N) is 1. The third kappa shape index (κ3) is 3.03. The fraction of sp³-hybridized carbons (Fsp3) is 0.231. The minimum Gasteiger partial charge on any atom is -0.397 e.